The van der Waals surface area contributed by atoms with E-state index in [0.717, 1.165) is 11.8 Å². The van der Waals surface area contributed by atoms with Crippen molar-refractivity contribution in [3.63, 3.8) is 0 Å². The second-order valence-electron chi connectivity index (χ2n) is 4.53. The van der Waals surface area contributed by atoms with Crippen molar-refractivity contribution in [3.05, 3.63) is 34.9 Å². The SMILES string of the molecule is CC1CC2CC(N)c3cccc1c32. The third kappa shape index (κ3) is 0.856. The molecule has 0 aromatic heterocycles. The van der Waals surface area contributed by atoms with Gasteiger partial charge in [0.15, 0.2) is 0 Å². The van der Waals surface area contributed by atoms with Gasteiger partial charge < -0.3 is 5.73 Å². The molecule has 3 rings (SSSR count). The largest absolute Gasteiger partial charge is 0.324 e. The monoisotopic (exact) mass is 173 g/mol. The lowest BCUT2D eigenvalue weighted by atomic mass is 9.98. The molecule has 0 aliphatic heterocycles. The standard InChI is InChI=1S/C12H15N/c1-7-5-8-6-11(13)10-4-2-3-9(7)12(8)10/h2-4,7-8,11H,5-6,13H2,1H3. The molecule has 1 heteroatoms. The van der Waals surface area contributed by atoms with E-state index in [-0.39, 0.29) is 0 Å². The minimum Gasteiger partial charge on any atom is -0.324 e. The van der Waals surface area contributed by atoms with E-state index in [4.69, 9.17) is 5.73 Å². The molecule has 0 heterocycles. The van der Waals surface area contributed by atoms with Crippen molar-refractivity contribution in [1.82, 2.24) is 0 Å². The highest BCUT2D eigenvalue weighted by atomic mass is 14.7. The number of hydrogen-bond donors (Lipinski definition) is 1. The maximum Gasteiger partial charge on any atom is 0.0303 e. The quantitative estimate of drug-likeness (QED) is 0.641. The predicted octanol–water partition coefficient (Wildman–Crippen LogP) is 2.68. The smallest absolute Gasteiger partial charge is 0.0303 e. The van der Waals surface area contributed by atoms with Gasteiger partial charge in [-0.1, -0.05) is 25.1 Å². The van der Waals surface area contributed by atoms with Gasteiger partial charge >= 0.3 is 0 Å². The molecule has 1 nitrogen and oxygen atoms in total. The van der Waals surface area contributed by atoms with E-state index in [0.29, 0.717) is 6.04 Å². The Balaban J connectivity index is 2.26. The first kappa shape index (κ1) is 7.57. The molecule has 3 unspecified atom stereocenters. The lowest BCUT2D eigenvalue weighted by Gasteiger charge is -2.10. The van der Waals surface area contributed by atoms with E-state index >= 15 is 0 Å². The highest BCUT2D eigenvalue weighted by molar-refractivity contribution is 5.48. The first-order chi connectivity index (χ1) is 6.27. The summed E-state index contributed by atoms with van der Waals surface area (Å²) in [6.45, 7) is 2.33. The zero-order chi connectivity index (χ0) is 9.00. The van der Waals surface area contributed by atoms with Gasteiger partial charge in [0.1, 0.15) is 0 Å². The van der Waals surface area contributed by atoms with Crippen LogP contribution in [0.25, 0.3) is 0 Å². The summed E-state index contributed by atoms with van der Waals surface area (Å²) in [5.74, 6) is 1.53. The van der Waals surface area contributed by atoms with Crippen molar-refractivity contribution in [3.8, 4) is 0 Å². The average Bonchev–Trinajstić information content (AvgIpc) is 2.59. The molecule has 0 spiro atoms. The van der Waals surface area contributed by atoms with Crippen LogP contribution in [0.5, 0.6) is 0 Å². The molecule has 0 bridgehead atoms. The Labute approximate surface area is 78.9 Å². The predicted molar refractivity (Wildman–Crippen MR) is 53.8 cm³/mol. The van der Waals surface area contributed by atoms with Crippen LogP contribution in [0, 0.1) is 0 Å². The van der Waals surface area contributed by atoms with Crippen molar-refractivity contribution < 1.29 is 0 Å². The minimum atomic E-state index is 0.312. The van der Waals surface area contributed by atoms with E-state index in [9.17, 15) is 0 Å². The fraction of sp³-hybridized carbons (Fsp3) is 0.500. The van der Waals surface area contributed by atoms with Gasteiger partial charge in [-0.2, -0.15) is 0 Å². The summed E-state index contributed by atoms with van der Waals surface area (Å²) in [6, 6.07) is 6.97. The van der Waals surface area contributed by atoms with Crippen LogP contribution in [-0.4, -0.2) is 0 Å². The molecule has 0 saturated carbocycles. The van der Waals surface area contributed by atoms with E-state index in [2.05, 4.69) is 25.1 Å². The zero-order valence-corrected chi connectivity index (χ0v) is 7.96. The summed E-state index contributed by atoms with van der Waals surface area (Å²) in [5, 5.41) is 0. The second-order valence-corrected chi connectivity index (χ2v) is 4.53. The van der Waals surface area contributed by atoms with Gasteiger partial charge in [0, 0.05) is 6.04 Å². The molecule has 0 amide bonds. The summed E-state index contributed by atoms with van der Waals surface area (Å²) >= 11 is 0. The fourth-order valence-electron chi connectivity index (χ4n) is 3.15. The van der Waals surface area contributed by atoms with Gasteiger partial charge in [-0.25, -0.2) is 0 Å². The Morgan fingerprint density at radius 3 is 2.85 bits per heavy atom. The molecule has 2 aliphatic carbocycles. The first-order valence-electron chi connectivity index (χ1n) is 5.15. The summed E-state index contributed by atoms with van der Waals surface area (Å²) < 4.78 is 0. The summed E-state index contributed by atoms with van der Waals surface area (Å²) in [7, 11) is 0. The lowest BCUT2D eigenvalue weighted by molar-refractivity contribution is 0.556. The Hall–Kier alpha value is -0.820. The molecule has 1 aromatic rings. The van der Waals surface area contributed by atoms with Crippen LogP contribution in [0.1, 0.15) is 54.3 Å². The van der Waals surface area contributed by atoms with Crippen LogP contribution in [-0.2, 0) is 0 Å². The van der Waals surface area contributed by atoms with Crippen LogP contribution in [0.3, 0.4) is 0 Å². The number of rotatable bonds is 0. The minimum absolute atomic E-state index is 0.312. The Morgan fingerprint density at radius 1 is 1.23 bits per heavy atom. The molecule has 0 saturated heterocycles. The molecular weight excluding hydrogens is 158 g/mol. The van der Waals surface area contributed by atoms with Gasteiger partial charge in [0.25, 0.3) is 0 Å². The van der Waals surface area contributed by atoms with Crippen molar-refractivity contribution in [2.45, 2.75) is 37.6 Å². The van der Waals surface area contributed by atoms with Crippen molar-refractivity contribution in [2.75, 3.05) is 0 Å². The Bertz CT molecular complexity index is 326. The van der Waals surface area contributed by atoms with Crippen molar-refractivity contribution >= 4 is 0 Å². The van der Waals surface area contributed by atoms with E-state index in [1.54, 1.807) is 11.1 Å². The van der Waals surface area contributed by atoms with Gasteiger partial charge in [-0.15, -0.1) is 0 Å². The molecule has 2 aliphatic rings. The fourth-order valence-corrected chi connectivity index (χ4v) is 3.15. The van der Waals surface area contributed by atoms with E-state index in [1.807, 2.05) is 0 Å². The van der Waals surface area contributed by atoms with Crippen LogP contribution in [0.2, 0.25) is 0 Å². The van der Waals surface area contributed by atoms with Crippen LogP contribution in [0.15, 0.2) is 18.2 Å². The van der Waals surface area contributed by atoms with Crippen molar-refractivity contribution in [2.24, 2.45) is 5.73 Å². The van der Waals surface area contributed by atoms with Gasteiger partial charge in [0.2, 0.25) is 0 Å². The lowest BCUT2D eigenvalue weighted by Crippen LogP contribution is -2.07. The van der Waals surface area contributed by atoms with Gasteiger partial charge in [-0.05, 0) is 41.4 Å². The van der Waals surface area contributed by atoms with Gasteiger partial charge in [0.05, 0.1) is 0 Å². The molecule has 0 radical (unpaired) electrons. The number of hydrogen-bond acceptors (Lipinski definition) is 1. The molecule has 13 heavy (non-hydrogen) atoms. The maximum absolute atomic E-state index is 6.08. The molecule has 1 aromatic carbocycles. The summed E-state index contributed by atoms with van der Waals surface area (Å²) in [5.41, 5.74) is 10.7. The molecule has 2 N–H and O–H groups in total. The Kier molecular flexibility index (Phi) is 1.37. The molecule has 3 atom stereocenters. The van der Waals surface area contributed by atoms with Crippen LogP contribution >= 0.6 is 0 Å². The number of nitrogens with two attached hydrogens (primary N) is 1. The highest BCUT2D eigenvalue weighted by Gasteiger charge is 2.37. The van der Waals surface area contributed by atoms with Crippen LogP contribution in [0.4, 0.5) is 0 Å². The third-order valence-electron chi connectivity index (χ3n) is 3.69. The highest BCUT2D eigenvalue weighted by Crippen LogP contribution is 2.52. The van der Waals surface area contributed by atoms with Crippen molar-refractivity contribution in [1.29, 1.82) is 0 Å². The topological polar surface area (TPSA) is 26.0 Å². The molecule has 68 valence electrons. The average molecular weight is 173 g/mol. The third-order valence-corrected chi connectivity index (χ3v) is 3.69. The Morgan fingerprint density at radius 2 is 2.00 bits per heavy atom. The second kappa shape index (κ2) is 2.36. The van der Waals surface area contributed by atoms with Gasteiger partial charge in [-0.3, -0.25) is 0 Å². The first-order valence-corrected chi connectivity index (χ1v) is 5.15. The number of benzene rings is 1. The summed E-state index contributed by atoms with van der Waals surface area (Å²) in [6.07, 6.45) is 2.50. The molecule has 0 fully saturated rings. The van der Waals surface area contributed by atoms with E-state index in [1.165, 1.54) is 18.4 Å². The van der Waals surface area contributed by atoms with E-state index < -0.39 is 0 Å². The maximum atomic E-state index is 6.08. The van der Waals surface area contributed by atoms with Crippen LogP contribution < -0.4 is 5.73 Å². The zero-order valence-electron chi connectivity index (χ0n) is 7.96. The molecular formula is C12H15N. The summed E-state index contributed by atoms with van der Waals surface area (Å²) in [4.78, 5) is 0. The normalized spacial score (nSPS) is 35.1.